The molecular formula is C24H33N3O. The molecule has 0 aliphatic carbocycles. The van der Waals surface area contributed by atoms with E-state index in [1.165, 1.54) is 11.1 Å². The maximum absolute atomic E-state index is 6.26. The second-order valence-corrected chi connectivity index (χ2v) is 8.12. The van der Waals surface area contributed by atoms with Crippen molar-refractivity contribution in [3.05, 3.63) is 71.8 Å². The van der Waals surface area contributed by atoms with Crippen molar-refractivity contribution in [1.82, 2.24) is 10.6 Å². The highest BCUT2D eigenvalue weighted by Gasteiger charge is 2.34. The summed E-state index contributed by atoms with van der Waals surface area (Å²) in [4.78, 5) is 4.62. The highest BCUT2D eigenvalue weighted by Crippen LogP contribution is 2.32. The van der Waals surface area contributed by atoms with Gasteiger partial charge in [-0.2, -0.15) is 0 Å². The predicted molar refractivity (Wildman–Crippen MR) is 117 cm³/mol. The van der Waals surface area contributed by atoms with Gasteiger partial charge in [-0.3, -0.25) is 0 Å². The van der Waals surface area contributed by atoms with Crippen molar-refractivity contribution in [2.75, 3.05) is 6.54 Å². The summed E-state index contributed by atoms with van der Waals surface area (Å²) in [5.74, 6) is 0.305. The highest BCUT2D eigenvalue weighted by atomic mass is 16.5. The minimum atomic E-state index is 0.115. The van der Waals surface area contributed by atoms with Gasteiger partial charge in [0.25, 0.3) is 6.02 Å². The number of hydrogen-bond acceptors (Lipinski definition) is 3. The van der Waals surface area contributed by atoms with Crippen LogP contribution in [0.1, 0.15) is 51.2 Å². The second kappa shape index (κ2) is 9.74. The summed E-state index contributed by atoms with van der Waals surface area (Å²) >= 11 is 0. The average molecular weight is 380 g/mol. The van der Waals surface area contributed by atoms with Crippen molar-refractivity contribution in [3.8, 4) is 0 Å². The Hall–Kier alpha value is -2.33. The summed E-state index contributed by atoms with van der Waals surface area (Å²) in [6.45, 7) is 9.19. The lowest BCUT2D eigenvalue weighted by Crippen LogP contribution is -2.36. The Bertz CT molecular complexity index is 703. The maximum Gasteiger partial charge on any atom is 0.285 e. The third-order valence-corrected chi connectivity index (χ3v) is 4.91. The van der Waals surface area contributed by atoms with Crippen LogP contribution in [0, 0.1) is 0 Å². The Morgan fingerprint density at radius 2 is 1.54 bits per heavy atom. The molecule has 2 aromatic rings. The third-order valence-electron chi connectivity index (χ3n) is 4.91. The molecule has 0 saturated carbocycles. The average Bonchev–Trinajstić information content (AvgIpc) is 3.10. The Balaban J connectivity index is 1.76. The number of amidine groups is 1. The van der Waals surface area contributed by atoms with E-state index in [0.29, 0.717) is 24.0 Å². The van der Waals surface area contributed by atoms with Crippen molar-refractivity contribution < 1.29 is 4.74 Å². The molecule has 3 rings (SSSR count). The van der Waals surface area contributed by atoms with Crippen molar-refractivity contribution in [2.24, 2.45) is 4.99 Å². The number of nitrogens with zero attached hydrogens (tertiary/aromatic N) is 1. The molecule has 0 unspecified atom stereocenters. The summed E-state index contributed by atoms with van der Waals surface area (Å²) in [6.07, 6.45) is 1.06. The first-order valence-corrected chi connectivity index (χ1v) is 10.4. The molecule has 2 aromatic carbocycles. The van der Waals surface area contributed by atoms with Gasteiger partial charge in [0.15, 0.2) is 0 Å². The van der Waals surface area contributed by atoms with Gasteiger partial charge in [-0.25, -0.2) is 4.99 Å². The first kappa shape index (κ1) is 20.4. The minimum Gasteiger partial charge on any atom is -0.461 e. The summed E-state index contributed by atoms with van der Waals surface area (Å²) in [5.41, 5.74) is 2.67. The molecule has 4 heteroatoms. The van der Waals surface area contributed by atoms with E-state index in [2.05, 4.69) is 104 Å². The van der Waals surface area contributed by atoms with Crippen LogP contribution in [-0.2, 0) is 4.74 Å². The number of hydrogen-bond donors (Lipinski definition) is 2. The normalized spacial score (nSPS) is 20.2. The summed E-state index contributed by atoms with van der Waals surface area (Å²) in [7, 11) is 0. The van der Waals surface area contributed by atoms with Crippen molar-refractivity contribution >= 4 is 6.02 Å². The molecule has 2 N–H and O–H groups in total. The van der Waals surface area contributed by atoms with Crippen LogP contribution in [0.4, 0.5) is 0 Å². The van der Waals surface area contributed by atoms with Gasteiger partial charge >= 0.3 is 0 Å². The van der Waals surface area contributed by atoms with Crippen LogP contribution in [0.5, 0.6) is 0 Å². The van der Waals surface area contributed by atoms with Crippen LogP contribution in [0.15, 0.2) is 65.7 Å². The Labute approximate surface area is 169 Å². The number of aliphatic imine (C=N–C) groups is 1. The molecule has 0 spiro atoms. The monoisotopic (exact) mass is 379 g/mol. The lowest BCUT2D eigenvalue weighted by molar-refractivity contribution is 0.191. The summed E-state index contributed by atoms with van der Waals surface area (Å²) in [6, 6.07) is 23.0. The van der Waals surface area contributed by atoms with E-state index in [1.807, 2.05) is 0 Å². The zero-order chi connectivity index (χ0) is 19.9. The second-order valence-electron chi connectivity index (χ2n) is 8.12. The van der Waals surface area contributed by atoms with Gasteiger partial charge in [0, 0.05) is 37.0 Å². The SMILES string of the molecule is CC(C)/N=C(\NC(C)C)O[C@@H]1CN[C@H](C(c2ccccc2)c2ccccc2)C1. The molecule has 1 fully saturated rings. The van der Waals surface area contributed by atoms with Gasteiger partial charge in [-0.05, 0) is 38.8 Å². The van der Waals surface area contributed by atoms with E-state index in [-0.39, 0.29) is 12.1 Å². The minimum absolute atomic E-state index is 0.115. The van der Waals surface area contributed by atoms with Gasteiger partial charge in [0.1, 0.15) is 6.10 Å². The fourth-order valence-corrected chi connectivity index (χ4v) is 3.80. The molecule has 150 valence electrons. The molecule has 0 amide bonds. The van der Waals surface area contributed by atoms with Crippen LogP contribution >= 0.6 is 0 Å². The molecule has 2 atom stereocenters. The lowest BCUT2D eigenvalue weighted by atomic mass is 9.84. The van der Waals surface area contributed by atoms with E-state index in [9.17, 15) is 0 Å². The van der Waals surface area contributed by atoms with Gasteiger partial charge in [0.2, 0.25) is 0 Å². The molecule has 1 heterocycles. The molecule has 0 radical (unpaired) electrons. The quantitative estimate of drug-likeness (QED) is 0.580. The standard InChI is InChI=1S/C24H33N3O/c1-17(2)26-24(27-18(3)4)28-21-15-22(25-16-21)23(19-11-7-5-8-12-19)20-13-9-6-10-14-20/h5-14,17-18,21-23,25H,15-16H2,1-4H3,(H,26,27)/t21-,22-/m0/s1. The van der Waals surface area contributed by atoms with Crippen LogP contribution < -0.4 is 10.6 Å². The molecule has 1 aliphatic heterocycles. The van der Waals surface area contributed by atoms with E-state index in [4.69, 9.17) is 4.74 Å². The first-order valence-electron chi connectivity index (χ1n) is 10.4. The van der Waals surface area contributed by atoms with Gasteiger partial charge in [0.05, 0.1) is 0 Å². The summed E-state index contributed by atoms with van der Waals surface area (Å²) in [5, 5.41) is 7.05. The molecule has 4 nitrogen and oxygen atoms in total. The smallest absolute Gasteiger partial charge is 0.285 e. The van der Waals surface area contributed by atoms with Crippen molar-refractivity contribution in [1.29, 1.82) is 0 Å². The largest absolute Gasteiger partial charge is 0.461 e. The zero-order valence-corrected chi connectivity index (χ0v) is 17.4. The number of rotatable bonds is 6. The molecule has 1 aliphatic rings. The topological polar surface area (TPSA) is 45.7 Å². The number of nitrogens with one attached hydrogen (secondary N) is 2. The van der Waals surface area contributed by atoms with Crippen molar-refractivity contribution in [3.63, 3.8) is 0 Å². The van der Waals surface area contributed by atoms with E-state index in [1.54, 1.807) is 0 Å². The van der Waals surface area contributed by atoms with Gasteiger partial charge in [-0.1, -0.05) is 60.7 Å². The molecule has 28 heavy (non-hydrogen) atoms. The zero-order valence-electron chi connectivity index (χ0n) is 17.4. The van der Waals surface area contributed by atoms with Gasteiger partial charge < -0.3 is 15.4 Å². The van der Waals surface area contributed by atoms with Crippen LogP contribution in [0.25, 0.3) is 0 Å². The lowest BCUT2D eigenvalue weighted by Gasteiger charge is -2.25. The molecule has 0 aromatic heterocycles. The molecular weight excluding hydrogens is 346 g/mol. The highest BCUT2D eigenvalue weighted by molar-refractivity contribution is 5.74. The Morgan fingerprint density at radius 1 is 0.964 bits per heavy atom. The van der Waals surface area contributed by atoms with Crippen LogP contribution in [0.2, 0.25) is 0 Å². The maximum atomic E-state index is 6.26. The van der Waals surface area contributed by atoms with E-state index >= 15 is 0 Å². The van der Waals surface area contributed by atoms with Crippen LogP contribution in [-0.4, -0.2) is 36.8 Å². The number of benzene rings is 2. The van der Waals surface area contributed by atoms with E-state index < -0.39 is 0 Å². The fourth-order valence-electron chi connectivity index (χ4n) is 3.80. The predicted octanol–water partition coefficient (Wildman–Crippen LogP) is 4.33. The molecule has 0 bridgehead atoms. The van der Waals surface area contributed by atoms with Gasteiger partial charge in [-0.15, -0.1) is 0 Å². The Morgan fingerprint density at radius 3 is 2.04 bits per heavy atom. The third kappa shape index (κ3) is 5.59. The summed E-state index contributed by atoms with van der Waals surface area (Å²) < 4.78 is 6.26. The fraction of sp³-hybridized carbons (Fsp3) is 0.458. The van der Waals surface area contributed by atoms with E-state index in [0.717, 1.165) is 13.0 Å². The number of ether oxygens (including phenoxy) is 1. The van der Waals surface area contributed by atoms with Crippen LogP contribution in [0.3, 0.4) is 0 Å². The first-order chi connectivity index (χ1) is 13.5. The van der Waals surface area contributed by atoms with Crippen molar-refractivity contribution in [2.45, 2.75) is 64.3 Å². The Kier molecular flexibility index (Phi) is 7.10. The molecule has 1 saturated heterocycles.